The number of benzene rings is 2. The first-order valence-corrected chi connectivity index (χ1v) is 12.0. The summed E-state index contributed by atoms with van der Waals surface area (Å²) in [5, 5.41) is 9.23. The first-order valence-electron chi connectivity index (χ1n) is 10.6. The number of rotatable bonds is 5. The summed E-state index contributed by atoms with van der Waals surface area (Å²) in [6.45, 7) is 2.04. The average Bonchev–Trinajstić information content (AvgIpc) is 3.23. The Morgan fingerprint density at radius 1 is 1.00 bits per heavy atom. The monoisotopic (exact) mass is 452 g/mol. The number of aryl methyl sites for hydroxylation is 1. The molecule has 0 atom stereocenters. The second kappa shape index (κ2) is 8.12. The predicted molar refractivity (Wildman–Crippen MR) is 121 cm³/mol. The SMILES string of the molecule is Cn1c(=O)c2ccccc2n2c(CN3CCC(NS(=O)(=O)c4ccccc4)CC3)nnc12. The number of nitrogens with one attached hydrogen (secondary N) is 1. The highest BCUT2D eigenvalue weighted by Gasteiger charge is 2.26. The van der Waals surface area contributed by atoms with Gasteiger partial charge in [-0.2, -0.15) is 0 Å². The van der Waals surface area contributed by atoms with E-state index >= 15 is 0 Å². The highest BCUT2D eigenvalue weighted by Crippen LogP contribution is 2.19. The summed E-state index contributed by atoms with van der Waals surface area (Å²) in [5.74, 6) is 1.27. The molecule has 0 bridgehead atoms. The number of likely N-dealkylation sites (tertiary alicyclic amines) is 1. The molecule has 5 rings (SSSR count). The number of aromatic nitrogens is 4. The van der Waals surface area contributed by atoms with Gasteiger partial charge in [0.15, 0.2) is 5.82 Å². The van der Waals surface area contributed by atoms with Crippen LogP contribution < -0.4 is 10.3 Å². The van der Waals surface area contributed by atoms with Crippen LogP contribution in [0.25, 0.3) is 16.7 Å². The normalized spacial score (nSPS) is 16.2. The van der Waals surface area contributed by atoms with Crippen molar-refractivity contribution in [3.05, 3.63) is 70.8 Å². The number of piperidine rings is 1. The molecule has 1 aliphatic rings. The standard InChI is InChI=1S/C22H24N6O3S/c1-26-21(29)18-9-5-6-10-19(18)28-20(23-24-22(26)28)15-27-13-11-16(12-14-27)25-32(30,31)17-7-3-2-4-8-17/h2-10,16,25H,11-15H2,1H3. The lowest BCUT2D eigenvalue weighted by atomic mass is 10.1. The zero-order valence-corrected chi connectivity index (χ0v) is 18.5. The molecule has 1 saturated heterocycles. The molecule has 10 heteroatoms. The molecule has 0 amide bonds. The van der Waals surface area contributed by atoms with Gasteiger partial charge in [0.05, 0.1) is 22.3 Å². The van der Waals surface area contributed by atoms with E-state index in [2.05, 4.69) is 19.8 Å². The maximum Gasteiger partial charge on any atom is 0.262 e. The van der Waals surface area contributed by atoms with E-state index in [1.807, 2.05) is 28.7 Å². The van der Waals surface area contributed by atoms with Gasteiger partial charge in [-0.05, 0) is 37.1 Å². The number of fused-ring (bicyclic) bond motifs is 3. The summed E-state index contributed by atoms with van der Waals surface area (Å²) < 4.78 is 31.5. The molecule has 0 unspecified atom stereocenters. The largest absolute Gasteiger partial charge is 0.296 e. The molecule has 32 heavy (non-hydrogen) atoms. The van der Waals surface area contributed by atoms with Crippen molar-refractivity contribution in [1.82, 2.24) is 28.8 Å². The average molecular weight is 453 g/mol. The number of hydrogen-bond acceptors (Lipinski definition) is 6. The van der Waals surface area contributed by atoms with Crippen molar-refractivity contribution in [3.8, 4) is 0 Å². The Balaban J connectivity index is 1.32. The van der Waals surface area contributed by atoms with Crippen molar-refractivity contribution in [2.75, 3.05) is 13.1 Å². The fraction of sp³-hybridized carbons (Fsp3) is 0.318. The fourth-order valence-corrected chi connectivity index (χ4v) is 5.62. The van der Waals surface area contributed by atoms with Crippen LogP contribution in [0.1, 0.15) is 18.7 Å². The van der Waals surface area contributed by atoms with Crippen molar-refractivity contribution in [3.63, 3.8) is 0 Å². The van der Waals surface area contributed by atoms with Gasteiger partial charge < -0.3 is 0 Å². The molecule has 9 nitrogen and oxygen atoms in total. The second-order valence-electron chi connectivity index (χ2n) is 8.12. The summed E-state index contributed by atoms with van der Waals surface area (Å²) >= 11 is 0. The van der Waals surface area contributed by atoms with Gasteiger partial charge in [-0.15, -0.1) is 10.2 Å². The Morgan fingerprint density at radius 3 is 2.44 bits per heavy atom. The number of sulfonamides is 1. The molecule has 0 aliphatic carbocycles. The van der Waals surface area contributed by atoms with Crippen molar-refractivity contribution < 1.29 is 8.42 Å². The van der Waals surface area contributed by atoms with Crippen molar-refractivity contribution >= 4 is 26.7 Å². The maximum atomic E-state index is 12.6. The van der Waals surface area contributed by atoms with Crippen molar-refractivity contribution in [1.29, 1.82) is 0 Å². The zero-order chi connectivity index (χ0) is 22.3. The summed E-state index contributed by atoms with van der Waals surface area (Å²) in [7, 11) is -1.82. The topological polar surface area (TPSA) is 102 Å². The van der Waals surface area contributed by atoms with Crippen LogP contribution in [0.15, 0.2) is 64.3 Å². The van der Waals surface area contributed by atoms with Crippen LogP contribution >= 0.6 is 0 Å². The summed E-state index contributed by atoms with van der Waals surface area (Å²) in [4.78, 5) is 15.1. The Morgan fingerprint density at radius 2 is 1.69 bits per heavy atom. The van der Waals surface area contributed by atoms with Gasteiger partial charge >= 0.3 is 0 Å². The van der Waals surface area contributed by atoms with Crippen LogP contribution in [0, 0.1) is 0 Å². The Kier molecular flexibility index (Phi) is 5.28. The molecule has 1 aliphatic heterocycles. The van der Waals surface area contributed by atoms with Crippen molar-refractivity contribution in [2.45, 2.75) is 30.3 Å². The van der Waals surface area contributed by atoms with E-state index in [1.165, 1.54) is 4.57 Å². The van der Waals surface area contributed by atoms with Crippen LogP contribution in [0.5, 0.6) is 0 Å². The van der Waals surface area contributed by atoms with Crippen LogP contribution in [-0.2, 0) is 23.6 Å². The molecule has 3 heterocycles. The molecule has 166 valence electrons. The lowest BCUT2D eigenvalue weighted by Crippen LogP contribution is -2.44. The molecule has 4 aromatic rings. The molecule has 0 radical (unpaired) electrons. The first-order chi connectivity index (χ1) is 15.4. The van der Waals surface area contributed by atoms with E-state index in [4.69, 9.17) is 0 Å². The highest BCUT2D eigenvalue weighted by molar-refractivity contribution is 7.89. The quantitative estimate of drug-likeness (QED) is 0.493. The number of hydrogen-bond donors (Lipinski definition) is 1. The smallest absolute Gasteiger partial charge is 0.262 e. The molecular formula is C22H24N6O3S. The maximum absolute atomic E-state index is 12.6. The molecule has 2 aromatic heterocycles. The van der Waals surface area contributed by atoms with Gasteiger partial charge in [-0.1, -0.05) is 30.3 Å². The summed E-state index contributed by atoms with van der Waals surface area (Å²) in [6, 6.07) is 15.8. The van der Waals surface area contributed by atoms with Crippen LogP contribution in [0.4, 0.5) is 0 Å². The van der Waals surface area contributed by atoms with Gasteiger partial charge in [0.2, 0.25) is 15.8 Å². The molecular weight excluding hydrogens is 428 g/mol. The number of nitrogens with zero attached hydrogens (tertiary/aromatic N) is 5. The third-order valence-corrected chi connectivity index (χ3v) is 7.56. The van der Waals surface area contributed by atoms with E-state index in [0.717, 1.165) is 24.4 Å². The molecule has 0 spiro atoms. The van der Waals surface area contributed by atoms with Gasteiger partial charge in [0.25, 0.3) is 5.56 Å². The lowest BCUT2D eigenvalue weighted by molar-refractivity contribution is 0.195. The van der Waals surface area contributed by atoms with Gasteiger partial charge in [-0.25, -0.2) is 13.1 Å². The van der Waals surface area contributed by atoms with E-state index in [1.54, 1.807) is 37.4 Å². The summed E-state index contributed by atoms with van der Waals surface area (Å²) in [6.07, 6.45) is 1.42. The second-order valence-corrected chi connectivity index (χ2v) is 9.83. The zero-order valence-electron chi connectivity index (χ0n) is 17.7. The van der Waals surface area contributed by atoms with Crippen LogP contribution in [0.2, 0.25) is 0 Å². The molecule has 1 fully saturated rings. The van der Waals surface area contributed by atoms with E-state index in [0.29, 0.717) is 30.6 Å². The third-order valence-electron chi connectivity index (χ3n) is 6.02. The first kappa shape index (κ1) is 20.8. The van der Waals surface area contributed by atoms with Gasteiger partial charge in [0, 0.05) is 26.2 Å². The third kappa shape index (κ3) is 3.70. The predicted octanol–water partition coefficient (Wildman–Crippen LogP) is 1.52. The van der Waals surface area contributed by atoms with Crippen LogP contribution in [0.3, 0.4) is 0 Å². The number of para-hydroxylation sites is 1. The van der Waals surface area contributed by atoms with E-state index in [9.17, 15) is 13.2 Å². The minimum absolute atomic E-state index is 0.0986. The fourth-order valence-electron chi connectivity index (χ4n) is 4.29. The van der Waals surface area contributed by atoms with Gasteiger partial charge in [0.1, 0.15) is 0 Å². The Bertz CT molecular complexity index is 1440. The molecule has 1 N–H and O–H groups in total. The minimum atomic E-state index is -3.52. The minimum Gasteiger partial charge on any atom is -0.296 e. The highest BCUT2D eigenvalue weighted by atomic mass is 32.2. The Labute approximate surface area is 185 Å². The lowest BCUT2D eigenvalue weighted by Gasteiger charge is -2.31. The summed E-state index contributed by atoms with van der Waals surface area (Å²) in [5.41, 5.74) is 0.690. The Hall–Kier alpha value is -3.08. The van der Waals surface area contributed by atoms with Gasteiger partial charge in [-0.3, -0.25) is 18.7 Å². The molecule has 2 aromatic carbocycles. The van der Waals surface area contributed by atoms with Crippen LogP contribution in [-0.4, -0.2) is 51.6 Å². The van der Waals surface area contributed by atoms with E-state index < -0.39 is 10.0 Å². The molecule has 0 saturated carbocycles. The van der Waals surface area contributed by atoms with E-state index in [-0.39, 0.29) is 16.5 Å². The van der Waals surface area contributed by atoms with Crippen molar-refractivity contribution in [2.24, 2.45) is 7.05 Å².